The van der Waals surface area contributed by atoms with Crippen LogP contribution in [-0.2, 0) is 4.79 Å². The van der Waals surface area contributed by atoms with E-state index in [2.05, 4.69) is 20.8 Å². The summed E-state index contributed by atoms with van der Waals surface area (Å²) < 4.78 is 0. The van der Waals surface area contributed by atoms with Crippen LogP contribution in [0.3, 0.4) is 0 Å². The van der Waals surface area contributed by atoms with Crippen LogP contribution in [0.2, 0.25) is 0 Å². The molecular weight excluding hydrogens is 188 g/mol. The molecule has 2 N–H and O–H groups in total. The van der Waals surface area contributed by atoms with Gasteiger partial charge in [-0.25, -0.2) is 0 Å². The zero-order chi connectivity index (χ0) is 11.4. The maximum atomic E-state index is 12.2. The predicted octanol–water partition coefficient (Wildman–Crippen LogP) is 1.76. The van der Waals surface area contributed by atoms with Gasteiger partial charge in [0.25, 0.3) is 0 Å². The second kappa shape index (κ2) is 5.50. The standard InChI is InChI=1S/C12H24N2O/c1-4-10(5-2)12(15)14-7-6-11(13)8-9(14)3/h9-11H,4-8,13H2,1-3H3. The Morgan fingerprint density at radius 2 is 2.07 bits per heavy atom. The number of likely N-dealkylation sites (tertiary alicyclic amines) is 1. The molecule has 0 saturated carbocycles. The maximum Gasteiger partial charge on any atom is 0.225 e. The first-order valence-electron chi connectivity index (χ1n) is 6.16. The van der Waals surface area contributed by atoms with E-state index < -0.39 is 0 Å². The lowest BCUT2D eigenvalue weighted by Gasteiger charge is -2.38. The van der Waals surface area contributed by atoms with E-state index in [0.29, 0.717) is 11.9 Å². The molecule has 1 fully saturated rings. The minimum atomic E-state index is 0.210. The number of nitrogens with zero attached hydrogens (tertiary/aromatic N) is 1. The van der Waals surface area contributed by atoms with Gasteiger partial charge in [0.1, 0.15) is 0 Å². The number of rotatable bonds is 3. The van der Waals surface area contributed by atoms with Crippen LogP contribution in [-0.4, -0.2) is 29.4 Å². The topological polar surface area (TPSA) is 46.3 Å². The van der Waals surface area contributed by atoms with Crippen LogP contribution >= 0.6 is 0 Å². The highest BCUT2D eigenvalue weighted by Gasteiger charge is 2.29. The molecule has 88 valence electrons. The number of carbonyl (C=O) groups excluding carboxylic acids is 1. The smallest absolute Gasteiger partial charge is 0.225 e. The summed E-state index contributed by atoms with van der Waals surface area (Å²) in [5.74, 6) is 0.543. The average Bonchev–Trinajstić information content (AvgIpc) is 2.19. The van der Waals surface area contributed by atoms with Gasteiger partial charge in [-0.2, -0.15) is 0 Å². The molecule has 2 atom stereocenters. The molecular formula is C12H24N2O. The van der Waals surface area contributed by atoms with Crippen molar-refractivity contribution >= 4 is 5.91 Å². The molecule has 3 nitrogen and oxygen atoms in total. The second-order valence-corrected chi connectivity index (χ2v) is 4.68. The summed E-state index contributed by atoms with van der Waals surface area (Å²) >= 11 is 0. The third-order valence-electron chi connectivity index (χ3n) is 3.53. The Bertz CT molecular complexity index is 214. The van der Waals surface area contributed by atoms with Gasteiger partial charge >= 0.3 is 0 Å². The zero-order valence-corrected chi connectivity index (χ0v) is 10.2. The van der Waals surface area contributed by atoms with Crippen LogP contribution < -0.4 is 5.73 Å². The lowest BCUT2D eigenvalue weighted by atomic mass is 9.95. The summed E-state index contributed by atoms with van der Waals surface area (Å²) in [7, 11) is 0. The molecule has 3 heteroatoms. The Labute approximate surface area is 93.0 Å². The summed E-state index contributed by atoms with van der Waals surface area (Å²) in [5, 5.41) is 0. The minimum Gasteiger partial charge on any atom is -0.340 e. The number of hydrogen-bond acceptors (Lipinski definition) is 2. The Morgan fingerprint density at radius 3 is 2.53 bits per heavy atom. The molecule has 1 amide bonds. The fourth-order valence-corrected chi connectivity index (χ4v) is 2.41. The van der Waals surface area contributed by atoms with Gasteiger partial charge in [0, 0.05) is 24.5 Å². The van der Waals surface area contributed by atoms with Crippen molar-refractivity contribution in [1.29, 1.82) is 0 Å². The first kappa shape index (κ1) is 12.5. The fourth-order valence-electron chi connectivity index (χ4n) is 2.41. The third kappa shape index (κ3) is 2.94. The molecule has 0 spiro atoms. The molecule has 1 aliphatic heterocycles. The van der Waals surface area contributed by atoms with Crippen LogP contribution in [0.4, 0.5) is 0 Å². The van der Waals surface area contributed by atoms with Gasteiger partial charge in [0.15, 0.2) is 0 Å². The van der Waals surface area contributed by atoms with Crippen molar-refractivity contribution < 1.29 is 4.79 Å². The number of nitrogens with two attached hydrogens (primary N) is 1. The van der Waals surface area contributed by atoms with E-state index >= 15 is 0 Å². The van der Waals surface area contributed by atoms with Crippen LogP contribution in [0.15, 0.2) is 0 Å². The normalized spacial score (nSPS) is 27.1. The van der Waals surface area contributed by atoms with E-state index in [9.17, 15) is 4.79 Å². The van der Waals surface area contributed by atoms with E-state index in [-0.39, 0.29) is 12.0 Å². The third-order valence-corrected chi connectivity index (χ3v) is 3.53. The Kier molecular flexibility index (Phi) is 4.58. The van der Waals surface area contributed by atoms with E-state index in [4.69, 9.17) is 5.73 Å². The first-order chi connectivity index (χ1) is 7.10. The summed E-state index contributed by atoms with van der Waals surface area (Å²) in [6, 6.07) is 0.604. The minimum absolute atomic E-state index is 0.210. The maximum absolute atomic E-state index is 12.2. The van der Waals surface area contributed by atoms with Gasteiger partial charge in [-0.15, -0.1) is 0 Å². The predicted molar refractivity (Wildman–Crippen MR) is 62.5 cm³/mol. The Hall–Kier alpha value is -0.570. The number of carbonyl (C=O) groups is 1. The molecule has 1 saturated heterocycles. The van der Waals surface area contributed by atoms with Gasteiger partial charge in [-0.05, 0) is 32.6 Å². The van der Waals surface area contributed by atoms with Gasteiger partial charge in [0.05, 0.1) is 0 Å². The number of piperidine rings is 1. The van der Waals surface area contributed by atoms with E-state index in [0.717, 1.165) is 32.2 Å². The fraction of sp³-hybridized carbons (Fsp3) is 0.917. The lowest BCUT2D eigenvalue weighted by molar-refractivity contribution is -0.139. The van der Waals surface area contributed by atoms with Crippen molar-refractivity contribution in [3.8, 4) is 0 Å². The highest BCUT2D eigenvalue weighted by molar-refractivity contribution is 5.79. The highest BCUT2D eigenvalue weighted by atomic mass is 16.2. The summed E-state index contributed by atoms with van der Waals surface area (Å²) in [5.41, 5.74) is 5.89. The monoisotopic (exact) mass is 212 g/mol. The molecule has 0 radical (unpaired) electrons. The average molecular weight is 212 g/mol. The van der Waals surface area contributed by atoms with Crippen molar-refractivity contribution in [3.05, 3.63) is 0 Å². The van der Waals surface area contributed by atoms with Gasteiger partial charge in [-0.3, -0.25) is 4.79 Å². The number of hydrogen-bond donors (Lipinski definition) is 1. The molecule has 1 rings (SSSR count). The van der Waals surface area contributed by atoms with Gasteiger partial charge in [0.2, 0.25) is 5.91 Å². The van der Waals surface area contributed by atoms with Crippen molar-refractivity contribution in [2.24, 2.45) is 11.7 Å². The first-order valence-corrected chi connectivity index (χ1v) is 6.16. The van der Waals surface area contributed by atoms with E-state index in [1.807, 2.05) is 4.90 Å². The van der Waals surface area contributed by atoms with Crippen molar-refractivity contribution in [1.82, 2.24) is 4.90 Å². The van der Waals surface area contributed by atoms with Crippen molar-refractivity contribution in [2.75, 3.05) is 6.54 Å². The van der Waals surface area contributed by atoms with Crippen LogP contribution in [0.5, 0.6) is 0 Å². The quantitative estimate of drug-likeness (QED) is 0.775. The van der Waals surface area contributed by atoms with Gasteiger partial charge in [-0.1, -0.05) is 13.8 Å². The Balaban J connectivity index is 2.59. The molecule has 0 aromatic carbocycles. The Morgan fingerprint density at radius 1 is 1.47 bits per heavy atom. The summed E-state index contributed by atoms with van der Waals surface area (Å²) in [6.07, 6.45) is 3.80. The molecule has 0 aromatic rings. The summed E-state index contributed by atoms with van der Waals surface area (Å²) in [4.78, 5) is 14.2. The molecule has 1 heterocycles. The SMILES string of the molecule is CCC(CC)C(=O)N1CCC(N)CC1C. The van der Waals surface area contributed by atoms with Crippen LogP contribution in [0.25, 0.3) is 0 Å². The lowest BCUT2D eigenvalue weighted by Crippen LogP contribution is -2.50. The molecule has 0 bridgehead atoms. The van der Waals surface area contributed by atoms with Crippen LogP contribution in [0.1, 0.15) is 46.5 Å². The largest absolute Gasteiger partial charge is 0.340 e. The molecule has 0 aliphatic carbocycles. The molecule has 0 aromatic heterocycles. The van der Waals surface area contributed by atoms with Crippen molar-refractivity contribution in [3.63, 3.8) is 0 Å². The molecule has 1 aliphatic rings. The molecule has 15 heavy (non-hydrogen) atoms. The zero-order valence-electron chi connectivity index (χ0n) is 10.2. The van der Waals surface area contributed by atoms with Crippen molar-refractivity contribution in [2.45, 2.75) is 58.5 Å². The number of amides is 1. The highest BCUT2D eigenvalue weighted by Crippen LogP contribution is 2.20. The molecule has 2 unspecified atom stereocenters. The van der Waals surface area contributed by atoms with Gasteiger partial charge < -0.3 is 10.6 Å². The van der Waals surface area contributed by atoms with E-state index in [1.165, 1.54) is 0 Å². The van der Waals surface area contributed by atoms with Crippen LogP contribution in [0, 0.1) is 5.92 Å². The van der Waals surface area contributed by atoms with E-state index in [1.54, 1.807) is 0 Å². The second-order valence-electron chi connectivity index (χ2n) is 4.68. The summed E-state index contributed by atoms with van der Waals surface area (Å²) in [6.45, 7) is 7.13.